The molecule has 1 aromatic rings. The third-order valence-electron chi connectivity index (χ3n) is 2.84. The van der Waals surface area contributed by atoms with Crippen LogP contribution in [0, 0.1) is 5.92 Å². The molecule has 5 heteroatoms. The van der Waals surface area contributed by atoms with Crippen LogP contribution in [0.4, 0.5) is 5.69 Å². The Bertz CT molecular complexity index is 459. The fourth-order valence-electron chi connectivity index (χ4n) is 1.74. The zero-order chi connectivity index (χ0) is 14.6. The number of rotatable bonds is 5. The van der Waals surface area contributed by atoms with Gasteiger partial charge < -0.3 is 4.90 Å². The van der Waals surface area contributed by atoms with Crippen LogP contribution in [0.3, 0.4) is 0 Å². The minimum Gasteiger partial charge on any atom is -0.309 e. The van der Waals surface area contributed by atoms with Crippen molar-refractivity contribution in [3.8, 4) is 0 Å². The Kier molecular flexibility index (Phi) is 6.01. The van der Waals surface area contributed by atoms with Crippen LogP contribution in [-0.2, 0) is 9.59 Å². The molecule has 0 aliphatic carbocycles. The van der Waals surface area contributed by atoms with Crippen molar-refractivity contribution in [2.24, 2.45) is 5.92 Å². The third kappa shape index (κ3) is 4.05. The Morgan fingerprint density at radius 3 is 2.16 bits per heavy atom. The van der Waals surface area contributed by atoms with Gasteiger partial charge in [0.25, 0.3) is 0 Å². The maximum absolute atomic E-state index is 12.4. The molecule has 1 amide bonds. The monoisotopic (exact) mass is 345 g/mol. The standard InChI is InChI=1S/C14H17BrClNO2/c1-9(2)17(12-6-4-11(16)5-7-12)14(19)10(3)13(18)8-15/h4-7,9-10H,8H2,1-3H3. The highest BCUT2D eigenvalue weighted by molar-refractivity contribution is 9.09. The lowest BCUT2D eigenvalue weighted by Crippen LogP contribution is -2.42. The largest absolute Gasteiger partial charge is 0.309 e. The zero-order valence-electron chi connectivity index (χ0n) is 11.2. The summed E-state index contributed by atoms with van der Waals surface area (Å²) in [6, 6.07) is 7.00. The summed E-state index contributed by atoms with van der Waals surface area (Å²) in [6.07, 6.45) is 0. The number of benzene rings is 1. The molecule has 0 saturated carbocycles. The summed E-state index contributed by atoms with van der Waals surface area (Å²) in [7, 11) is 0. The zero-order valence-corrected chi connectivity index (χ0v) is 13.5. The summed E-state index contributed by atoms with van der Waals surface area (Å²) in [6.45, 7) is 5.47. The van der Waals surface area contributed by atoms with Crippen molar-refractivity contribution < 1.29 is 9.59 Å². The summed E-state index contributed by atoms with van der Waals surface area (Å²) >= 11 is 8.95. The van der Waals surface area contributed by atoms with E-state index >= 15 is 0 Å². The Hall–Kier alpha value is -0.870. The van der Waals surface area contributed by atoms with Gasteiger partial charge in [0.05, 0.1) is 11.2 Å². The molecular formula is C14H17BrClNO2. The van der Waals surface area contributed by atoms with Crippen LogP contribution in [0.1, 0.15) is 20.8 Å². The first-order valence-electron chi connectivity index (χ1n) is 6.05. The van der Waals surface area contributed by atoms with Gasteiger partial charge in [-0.25, -0.2) is 0 Å². The second-order valence-corrected chi connectivity index (χ2v) is 5.60. The number of hydrogen-bond acceptors (Lipinski definition) is 2. The average Bonchev–Trinajstić information content (AvgIpc) is 2.38. The van der Waals surface area contributed by atoms with Crippen LogP contribution < -0.4 is 4.90 Å². The van der Waals surface area contributed by atoms with E-state index in [1.54, 1.807) is 36.1 Å². The number of carbonyl (C=O) groups is 2. The molecule has 1 unspecified atom stereocenters. The second kappa shape index (κ2) is 7.06. The molecule has 0 heterocycles. The highest BCUT2D eigenvalue weighted by Crippen LogP contribution is 2.22. The van der Waals surface area contributed by atoms with Gasteiger partial charge in [0, 0.05) is 16.8 Å². The van der Waals surface area contributed by atoms with E-state index in [0.29, 0.717) is 5.02 Å². The van der Waals surface area contributed by atoms with Crippen LogP contribution in [0.25, 0.3) is 0 Å². The van der Waals surface area contributed by atoms with Crippen molar-refractivity contribution in [2.75, 3.05) is 10.2 Å². The van der Waals surface area contributed by atoms with Gasteiger partial charge in [0.15, 0.2) is 5.78 Å². The van der Waals surface area contributed by atoms with E-state index in [4.69, 9.17) is 11.6 Å². The van der Waals surface area contributed by atoms with Crippen molar-refractivity contribution in [1.29, 1.82) is 0 Å². The minimum atomic E-state index is -0.655. The van der Waals surface area contributed by atoms with Crippen LogP contribution in [0.2, 0.25) is 5.02 Å². The van der Waals surface area contributed by atoms with Crippen molar-refractivity contribution >= 4 is 44.9 Å². The molecule has 1 atom stereocenters. The van der Waals surface area contributed by atoms with Gasteiger partial charge in [0.1, 0.15) is 0 Å². The fraction of sp³-hybridized carbons (Fsp3) is 0.429. The Balaban J connectivity index is 3.04. The maximum Gasteiger partial charge on any atom is 0.237 e. The van der Waals surface area contributed by atoms with E-state index < -0.39 is 5.92 Å². The first-order chi connectivity index (χ1) is 8.88. The number of alkyl halides is 1. The topological polar surface area (TPSA) is 37.4 Å². The van der Waals surface area contributed by atoms with Crippen molar-refractivity contribution in [3.05, 3.63) is 29.3 Å². The summed E-state index contributed by atoms with van der Waals surface area (Å²) in [5, 5.41) is 0.802. The average molecular weight is 347 g/mol. The highest BCUT2D eigenvalue weighted by atomic mass is 79.9. The fourth-order valence-corrected chi connectivity index (χ4v) is 2.36. The van der Waals surface area contributed by atoms with E-state index in [-0.39, 0.29) is 23.1 Å². The molecular weight excluding hydrogens is 330 g/mol. The Morgan fingerprint density at radius 1 is 1.21 bits per heavy atom. The predicted octanol–water partition coefficient (Wildman–Crippen LogP) is 3.68. The van der Waals surface area contributed by atoms with E-state index in [0.717, 1.165) is 5.69 Å². The number of hydrogen-bond donors (Lipinski definition) is 0. The molecule has 0 spiro atoms. The molecule has 0 bridgehead atoms. The quantitative estimate of drug-likeness (QED) is 0.602. The van der Waals surface area contributed by atoms with Gasteiger partial charge in [-0.15, -0.1) is 0 Å². The molecule has 0 fully saturated rings. The summed E-state index contributed by atoms with van der Waals surface area (Å²) < 4.78 is 0. The van der Waals surface area contributed by atoms with Gasteiger partial charge >= 0.3 is 0 Å². The number of amides is 1. The highest BCUT2D eigenvalue weighted by Gasteiger charge is 2.28. The van der Waals surface area contributed by atoms with Gasteiger partial charge in [-0.1, -0.05) is 27.5 Å². The van der Waals surface area contributed by atoms with Crippen LogP contribution in [0.5, 0.6) is 0 Å². The lowest BCUT2D eigenvalue weighted by atomic mass is 10.0. The molecule has 104 valence electrons. The van der Waals surface area contributed by atoms with E-state index in [1.807, 2.05) is 13.8 Å². The number of halogens is 2. The van der Waals surface area contributed by atoms with Crippen molar-refractivity contribution in [2.45, 2.75) is 26.8 Å². The molecule has 19 heavy (non-hydrogen) atoms. The lowest BCUT2D eigenvalue weighted by molar-refractivity contribution is -0.130. The minimum absolute atomic E-state index is 0.0285. The molecule has 0 saturated heterocycles. The number of carbonyl (C=O) groups excluding carboxylic acids is 2. The normalized spacial score (nSPS) is 12.3. The first-order valence-corrected chi connectivity index (χ1v) is 7.55. The van der Waals surface area contributed by atoms with Crippen LogP contribution in [-0.4, -0.2) is 23.1 Å². The summed E-state index contributed by atoms with van der Waals surface area (Å²) in [5.74, 6) is -0.969. The molecule has 1 rings (SSSR count). The molecule has 0 aliphatic heterocycles. The SMILES string of the molecule is CC(C(=O)CBr)C(=O)N(c1ccc(Cl)cc1)C(C)C. The number of anilines is 1. The van der Waals surface area contributed by atoms with Gasteiger partial charge in [-0.05, 0) is 45.0 Å². The molecule has 0 aromatic heterocycles. The van der Waals surface area contributed by atoms with E-state index in [1.165, 1.54) is 0 Å². The van der Waals surface area contributed by atoms with Crippen LogP contribution >= 0.6 is 27.5 Å². The number of Topliss-reactive ketones (excluding diaryl/α,β-unsaturated/α-hetero) is 1. The molecule has 0 aliphatic rings. The molecule has 0 N–H and O–H groups in total. The summed E-state index contributed by atoms with van der Waals surface area (Å²) in [4.78, 5) is 25.7. The van der Waals surface area contributed by atoms with Crippen molar-refractivity contribution in [3.63, 3.8) is 0 Å². The summed E-state index contributed by atoms with van der Waals surface area (Å²) in [5.41, 5.74) is 0.749. The Morgan fingerprint density at radius 2 is 1.74 bits per heavy atom. The van der Waals surface area contributed by atoms with Gasteiger partial charge in [-0.3, -0.25) is 9.59 Å². The van der Waals surface area contributed by atoms with E-state index in [9.17, 15) is 9.59 Å². The van der Waals surface area contributed by atoms with E-state index in [2.05, 4.69) is 15.9 Å². The third-order valence-corrected chi connectivity index (χ3v) is 3.65. The number of nitrogens with zero attached hydrogens (tertiary/aromatic N) is 1. The number of ketones is 1. The Labute approximate surface area is 127 Å². The van der Waals surface area contributed by atoms with Gasteiger partial charge in [-0.2, -0.15) is 0 Å². The maximum atomic E-state index is 12.4. The predicted molar refractivity (Wildman–Crippen MR) is 82.0 cm³/mol. The second-order valence-electron chi connectivity index (χ2n) is 4.60. The van der Waals surface area contributed by atoms with Gasteiger partial charge in [0.2, 0.25) is 5.91 Å². The molecule has 0 radical (unpaired) electrons. The van der Waals surface area contributed by atoms with Crippen LogP contribution in [0.15, 0.2) is 24.3 Å². The lowest BCUT2D eigenvalue weighted by Gasteiger charge is -2.29. The van der Waals surface area contributed by atoms with Crippen molar-refractivity contribution in [1.82, 2.24) is 0 Å². The molecule has 3 nitrogen and oxygen atoms in total. The molecule has 1 aromatic carbocycles. The first kappa shape index (κ1) is 16.2. The smallest absolute Gasteiger partial charge is 0.237 e.